The van der Waals surface area contributed by atoms with Gasteiger partial charge in [-0.2, -0.15) is 0 Å². The molecule has 0 saturated heterocycles. The zero-order valence-corrected chi connectivity index (χ0v) is 34.8. The van der Waals surface area contributed by atoms with Gasteiger partial charge in [0.2, 0.25) is 0 Å². The molecular formula is C57H49NO. The fraction of sp³-hybridized carbons (Fsp3) is 0.158. The summed E-state index contributed by atoms with van der Waals surface area (Å²) in [6.45, 7) is 14.0. The van der Waals surface area contributed by atoms with Crippen molar-refractivity contribution in [3.05, 3.63) is 221 Å². The largest absolute Gasteiger partial charge is 0.456 e. The highest BCUT2D eigenvalue weighted by Gasteiger charge is 2.48. The minimum Gasteiger partial charge on any atom is -0.456 e. The molecule has 59 heavy (non-hydrogen) atoms. The molecule has 0 spiro atoms. The monoisotopic (exact) mass is 763 g/mol. The number of para-hydroxylation sites is 1. The Morgan fingerprint density at radius 3 is 1.64 bits per heavy atom. The standard InChI is InChI=1S/C57H49NO/c1-55(2,3)42-31-34-45-47(35-42)57(40-21-12-8-13-22-40,41-23-14-9-15-24-41)48-36-43(56(4,5)6)37-50(53(45)48)58(44-32-29-39(30-33-44)38-19-10-7-11-20-38)49-26-18-28-52-54(49)46-25-16-17-27-51(46)59-52/h7-37H,1-6H3. The molecule has 0 saturated carbocycles. The van der Waals surface area contributed by atoms with Crippen molar-refractivity contribution in [3.8, 4) is 22.3 Å². The van der Waals surface area contributed by atoms with Gasteiger partial charge in [-0.25, -0.2) is 0 Å². The highest BCUT2D eigenvalue weighted by molar-refractivity contribution is 6.14. The van der Waals surface area contributed by atoms with Crippen LogP contribution in [0.5, 0.6) is 0 Å². The maximum absolute atomic E-state index is 6.59. The van der Waals surface area contributed by atoms with Crippen molar-refractivity contribution in [2.24, 2.45) is 0 Å². The Morgan fingerprint density at radius 1 is 0.441 bits per heavy atom. The minimum atomic E-state index is -0.582. The smallest absolute Gasteiger partial charge is 0.137 e. The molecule has 1 aliphatic rings. The van der Waals surface area contributed by atoms with E-state index in [0.29, 0.717) is 0 Å². The maximum Gasteiger partial charge on any atom is 0.137 e. The molecule has 0 amide bonds. The molecule has 0 fully saturated rings. The Bertz CT molecular complexity index is 2940. The quantitative estimate of drug-likeness (QED) is 0.168. The van der Waals surface area contributed by atoms with Crippen LogP contribution in [0.1, 0.15) is 74.9 Å². The average Bonchev–Trinajstić information content (AvgIpc) is 3.78. The molecule has 0 unspecified atom stereocenters. The first-order valence-corrected chi connectivity index (χ1v) is 20.8. The Kier molecular flexibility index (Phi) is 8.54. The number of fused-ring (bicyclic) bond motifs is 6. The van der Waals surface area contributed by atoms with Crippen molar-refractivity contribution < 1.29 is 4.42 Å². The van der Waals surface area contributed by atoms with Crippen molar-refractivity contribution in [1.29, 1.82) is 0 Å². The number of rotatable bonds is 6. The van der Waals surface area contributed by atoms with Crippen molar-refractivity contribution in [1.82, 2.24) is 0 Å². The maximum atomic E-state index is 6.59. The van der Waals surface area contributed by atoms with Crippen LogP contribution in [-0.4, -0.2) is 0 Å². The van der Waals surface area contributed by atoms with Crippen LogP contribution < -0.4 is 4.90 Å². The third kappa shape index (κ3) is 5.92. The molecular weight excluding hydrogens is 715 g/mol. The summed E-state index contributed by atoms with van der Waals surface area (Å²) in [5.74, 6) is 0. The first-order chi connectivity index (χ1) is 28.5. The van der Waals surface area contributed by atoms with Crippen LogP contribution in [0.25, 0.3) is 44.2 Å². The molecule has 2 heteroatoms. The molecule has 0 atom stereocenters. The van der Waals surface area contributed by atoms with E-state index in [0.717, 1.165) is 39.0 Å². The van der Waals surface area contributed by atoms with Crippen molar-refractivity contribution in [2.45, 2.75) is 57.8 Å². The van der Waals surface area contributed by atoms with Gasteiger partial charge in [0.1, 0.15) is 11.2 Å². The van der Waals surface area contributed by atoms with E-state index >= 15 is 0 Å². The SMILES string of the molecule is CC(C)(C)c1ccc2c(c1)C(c1ccccc1)(c1ccccc1)c1cc(C(C)(C)C)cc(N(c3ccc(-c4ccccc4)cc3)c3cccc4oc5ccccc5c34)c1-2. The molecule has 1 heterocycles. The summed E-state index contributed by atoms with van der Waals surface area (Å²) in [7, 11) is 0. The van der Waals surface area contributed by atoms with Gasteiger partial charge in [-0.15, -0.1) is 0 Å². The van der Waals surface area contributed by atoms with E-state index in [-0.39, 0.29) is 10.8 Å². The second-order valence-corrected chi connectivity index (χ2v) is 18.2. The molecule has 1 aliphatic carbocycles. The summed E-state index contributed by atoms with van der Waals surface area (Å²) >= 11 is 0. The highest BCUT2D eigenvalue weighted by atomic mass is 16.3. The van der Waals surface area contributed by atoms with Crippen molar-refractivity contribution in [3.63, 3.8) is 0 Å². The lowest BCUT2D eigenvalue weighted by molar-refractivity contribution is 0.586. The van der Waals surface area contributed by atoms with Gasteiger partial charge < -0.3 is 9.32 Å². The minimum absolute atomic E-state index is 0.0488. The molecule has 0 bridgehead atoms. The summed E-state index contributed by atoms with van der Waals surface area (Å²) in [4.78, 5) is 2.51. The number of furan rings is 1. The van der Waals surface area contributed by atoms with E-state index in [4.69, 9.17) is 4.42 Å². The van der Waals surface area contributed by atoms with Crippen LogP contribution in [0.2, 0.25) is 0 Å². The molecule has 1 aromatic heterocycles. The summed E-state index contributed by atoms with van der Waals surface area (Å²) < 4.78 is 6.59. The molecule has 2 nitrogen and oxygen atoms in total. The number of benzene rings is 8. The predicted molar refractivity (Wildman–Crippen MR) is 249 cm³/mol. The van der Waals surface area contributed by atoms with Crippen LogP contribution in [0, 0.1) is 0 Å². The van der Waals surface area contributed by atoms with Gasteiger partial charge in [0.05, 0.1) is 22.2 Å². The second kappa shape index (κ2) is 13.7. The summed E-state index contributed by atoms with van der Waals surface area (Å²) in [5.41, 5.74) is 16.9. The van der Waals surface area contributed by atoms with E-state index in [2.05, 4.69) is 234 Å². The van der Waals surface area contributed by atoms with E-state index in [9.17, 15) is 0 Å². The Morgan fingerprint density at radius 2 is 1.00 bits per heavy atom. The first kappa shape index (κ1) is 36.7. The lowest BCUT2D eigenvalue weighted by Gasteiger charge is -2.36. The summed E-state index contributed by atoms with van der Waals surface area (Å²) in [6, 6.07) is 69.4. The third-order valence-electron chi connectivity index (χ3n) is 12.5. The Labute approximate surface area is 348 Å². The normalized spacial score (nSPS) is 13.4. The van der Waals surface area contributed by atoms with Gasteiger partial charge in [0.25, 0.3) is 0 Å². The molecule has 0 N–H and O–H groups in total. The summed E-state index contributed by atoms with van der Waals surface area (Å²) in [5, 5.41) is 2.20. The van der Waals surface area contributed by atoms with E-state index < -0.39 is 5.41 Å². The van der Waals surface area contributed by atoms with Gasteiger partial charge in [-0.3, -0.25) is 0 Å². The number of hydrogen-bond acceptors (Lipinski definition) is 2. The molecule has 9 aromatic rings. The van der Waals surface area contributed by atoms with Crippen LogP contribution in [0.3, 0.4) is 0 Å². The molecule has 10 rings (SSSR count). The van der Waals surface area contributed by atoms with E-state index in [1.807, 2.05) is 0 Å². The lowest BCUT2D eigenvalue weighted by Crippen LogP contribution is -2.30. The van der Waals surface area contributed by atoms with Crippen molar-refractivity contribution in [2.75, 3.05) is 4.90 Å². The van der Waals surface area contributed by atoms with Crippen molar-refractivity contribution >= 4 is 39.0 Å². The topological polar surface area (TPSA) is 16.4 Å². The molecule has 0 radical (unpaired) electrons. The number of anilines is 3. The predicted octanol–water partition coefficient (Wildman–Crippen LogP) is 15.7. The molecule has 288 valence electrons. The summed E-state index contributed by atoms with van der Waals surface area (Å²) in [6.07, 6.45) is 0. The van der Waals surface area contributed by atoms with Crippen LogP contribution in [0.15, 0.2) is 192 Å². The highest BCUT2D eigenvalue weighted by Crippen LogP contribution is 2.61. The molecule has 8 aromatic carbocycles. The van der Waals surface area contributed by atoms with Gasteiger partial charge in [0.15, 0.2) is 0 Å². The lowest BCUT2D eigenvalue weighted by atomic mass is 9.66. The fourth-order valence-corrected chi connectivity index (χ4v) is 9.45. The number of hydrogen-bond donors (Lipinski definition) is 0. The fourth-order valence-electron chi connectivity index (χ4n) is 9.45. The average molecular weight is 764 g/mol. The Hall–Kier alpha value is -6.64. The number of nitrogens with zero attached hydrogens (tertiary/aromatic N) is 1. The van der Waals surface area contributed by atoms with Gasteiger partial charge in [-0.1, -0.05) is 193 Å². The second-order valence-electron chi connectivity index (χ2n) is 18.2. The van der Waals surface area contributed by atoms with E-state index in [1.165, 1.54) is 55.6 Å². The van der Waals surface area contributed by atoms with Gasteiger partial charge in [-0.05, 0) is 97.3 Å². The zero-order chi connectivity index (χ0) is 40.5. The van der Waals surface area contributed by atoms with Gasteiger partial charge >= 0.3 is 0 Å². The third-order valence-corrected chi connectivity index (χ3v) is 12.5. The van der Waals surface area contributed by atoms with Crippen LogP contribution in [-0.2, 0) is 16.2 Å². The zero-order valence-electron chi connectivity index (χ0n) is 34.8. The van der Waals surface area contributed by atoms with Crippen LogP contribution in [0.4, 0.5) is 17.1 Å². The van der Waals surface area contributed by atoms with Crippen LogP contribution >= 0.6 is 0 Å². The van der Waals surface area contributed by atoms with Gasteiger partial charge in [0, 0.05) is 16.6 Å². The van der Waals surface area contributed by atoms with E-state index in [1.54, 1.807) is 0 Å². The molecule has 0 aliphatic heterocycles. The Balaban J connectivity index is 1.37. The first-order valence-electron chi connectivity index (χ1n) is 20.8.